The number of hydrogen-bond acceptors (Lipinski definition) is 5. The zero-order valence-electron chi connectivity index (χ0n) is 13.1. The van der Waals surface area contributed by atoms with Crippen LogP contribution in [0.2, 0.25) is 0 Å². The van der Waals surface area contributed by atoms with Crippen LogP contribution in [0.5, 0.6) is 5.75 Å². The molecule has 1 aliphatic rings. The van der Waals surface area contributed by atoms with E-state index in [1.165, 1.54) is 0 Å². The summed E-state index contributed by atoms with van der Waals surface area (Å²) in [4.78, 5) is 11.5. The monoisotopic (exact) mass is 298 g/mol. The largest absolute Gasteiger partial charge is 0.497 e. The van der Waals surface area contributed by atoms with Crippen molar-refractivity contribution in [1.29, 1.82) is 0 Å². The van der Waals surface area contributed by atoms with Crippen molar-refractivity contribution in [2.45, 2.75) is 25.8 Å². The van der Waals surface area contributed by atoms with E-state index in [9.17, 15) is 0 Å². The molecule has 0 spiro atoms. The normalized spacial score (nSPS) is 15.9. The molecular formula is C17H22N4O. The van der Waals surface area contributed by atoms with Crippen LogP contribution in [0.4, 0.5) is 5.69 Å². The zero-order valence-corrected chi connectivity index (χ0v) is 13.1. The summed E-state index contributed by atoms with van der Waals surface area (Å²) in [6.07, 6.45) is 3.98. The molecule has 2 N–H and O–H groups in total. The van der Waals surface area contributed by atoms with E-state index in [0.29, 0.717) is 6.04 Å². The third kappa shape index (κ3) is 3.04. The summed E-state index contributed by atoms with van der Waals surface area (Å²) >= 11 is 0. The van der Waals surface area contributed by atoms with Crippen LogP contribution in [0, 0.1) is 6.92 Å². The number of aryl methyl sites for hydroxylation is 1. The van der Waals surface area contributed by atoms with Crippen LogP contribution in [-0.4, -0.2) is 36.2 Å². The van der Waals surface area contributed by atoms with Crippen molar-refractivity contribution in [3.63, 3.8) is 0 Å². The molecule has 0 unspecified atom stereocenters. The van der Waals surface area contributed by atoms with Gasteiger partial charge in [0.2, 0.25) is 0 Å². The van der Waals surface area contributed by atoms with Gasteiger partial charge in [0.1, 0.15) is 5.75 Å². The number of nitrogens with zero attached hydrogens (tertiary/aromatic N) is 3. The minimum absolute atomic E-state index is 0.330. The number of anilines is 1. The molecule has 5 nitrogen and oxygen atoms in total. The zero-order chi connectivity index (χ0) is 15.5. The first kappa shape index (κ1) is 14.8. The smallest absolute Gasteiger partial charge is 0.159 e. The van der Waals surface area contributed by atoms with Gasteiger partial charge in [0.25, 0.3) is 0 Å². The highest BCUT2D eigenvalue weighted by molar-refractivity contribution is 5.59. The molecule has 1 fully saturated rings. The number of piperidine rings is 1. The molecule has 0 amide bonds. The Balaban J connectivity index is 1.82. The molecule has 1 aromatic heterocycles. The second-order valence-corrected chi connectivity index (χ2v) is 5.72. The van der Waals surface area contributed by atoms with Crippen LogP contribution in [0.25, 0.3) is 11.4 Å². The van der Waals surface area contributed by atoms with Crippen LogP contribution in [0.1, 0.15) is 18.5 Å². The lowest BCUT2D eigenvalue weighted by Crippen LogP contribution is -2.40. The predicted octanol–water partition coefficient (Wildman–Crippen LogP) is 2.39. The minimum atomic E-state index is 0.330. The van der Waals surface area contributed by atoms with Gasteiger partial charge in [-0.05, 0) is 44.0 Å². The first-order chi connectivity index (χ1) is 10.7. The third-order valence-electron chi connectivity index (χ3n) is 4.18. The van der Waals surface area contributed by atoms with Gasteiger partial charge in [0, 0.05) is 24.7 Å². The summed E-state index contributed by atoms with van der Waals surface area (Å²) in [6, 6.07) is 8.14. The molecule has 2 aromatic rings. The van der Waals surface area contributed by atoms with E-state index >= 15 is 0 Å². The number of benzene rings is 1. The maximum absolute atomic E-state index is 5.97. The number of hydrogen-bond donors (Lipinski definition) is 1. The van der Waals surface area contributed by atoms with Gasteiger partial charge in [-0.25, -0.2) is 9.97 Å². The second-order valence-electron chi connectivity index (χ2n) is 5.72. The Morgan fingerprint density at radius 2 is 1.86 bits per heavy atom. The van der Waals surface area contributed by atoms with Crippen LogP contribution in [0.15, 0.2) is 30.5 Å². The van der Waals surface area contributed by atoms with E-state index < -0.39 is 0 Å². The fourth-order valence-electron chi connectivity index (χ4n) is 2.79. The summed E-state index contributed by atoms with van der Waals surface area (Å²) in [5, 5.41) is 0. The standard InChI is InChI=1S/C17H22N4O/c1-12-16(21-9-7-14(18)8-10-21)11-19-17(20-12)13-3-5-15(22-2)6-4-13/h3-6,11,14H,7-10,18H2,1-2H3. The van der Waals surface area contributed by atoms with E-state index in [-0.39, 0.29) is 0 Å². The maximum atomic E-state index is 5.97. The molecule has 0 radical (unpaired) electrons. The fourth-order valence-corrected chi connectivity index (χ4v) is 2.79. The molecule has 0 atom stereocenters. The Morgan fingerprint density at radius 1 is 1.18 bits per heavy atom. The van der Waals surface area contributed by atoms with Crippen molar-refractivity contribution in [2.75, 3.05) is 25.1 Å². The van der Waals surface area contributed by atoms with Crippen molar-refractivity contribution in [2.24, 2.45) is 5.73 Å². The van der Waals surface area contributed by atoms with Crippen molar-refractivity contribution in [1.82, 2.24) is 9.97 Å². The molecule has 116 valence electrons. The van der Waals surface area contributed by atoms with Gasteiger partial charge in [0.15, 0.2) is 5.82 Å². The van der Waals surface area contributed by atoms with Crippen molar-refractivity contribution in [3.8, 4) is 17.1 Å². The van der Waals surface area contributed by atoms with Crippen molar-refractivity contribution < 1.29 is 4.74 Å². The number of methoxy groups -OCH3 is 1. The van der Waals surface area contributed by atoms with Crippen LogP contribution >= 0.6 is 0 Å². The minimum Gasteiger partial charge on any atom is -0.497 e. The van der Waals surface area contributed by atoms with Gasteiger partial charge >= 0.3 is 0 Å². The van der Waals surface area contributed by atoms with E-state index in [0.717, 1.165) is 54.4 Å². The Labute approximate surface area is 131 Å². The predicted molar refractivity (Wildman–Crippen MR) is 88.2 cm³/mol. The summed E-state index contributed by atoms with van der Waals surface area (Å²) in [5.41, 5.74) is 9.09. The van der Waals surface area contributed by atoms with E-state index in [1.54, 1.807) is 7.11 Å². The Kier molecular flexibility index (Phi) is 4.24. The van der Waals surface area contributed by atoms with Gasteiger partial charge in [-0.2, -0.15) is 0 Å². The summed E-state index contributed by atoms with van der Waals surface area (Å²) in [5.74, 6) is 1.58. The Bertz CT molecular complexity index is 634. The third-order valence-corrected chi connectivity index (χ3v) is 4.18. The highest BCUT2D eigenvalue weighted by Crippen LogP contribution is 2.25. The number of rotatable bonds is 3. The average Bonchev–Trinajstić information content (AvgIpc) is 2.56. The number of aromatic nitrogens is 2. The lowest BCUT2D eigenvalue weighted by molar-refractivity contribution is 0.415. The lowest BCUT2D eigenvalue weighted by atomic mass is 10.1. The fraction of sp³-hybridized carbons (Fsp3) is 0.412. The SMILES string of the molecule is COc1ccc(-c2ncc(N3CCC(N)CC3)c(C)n2)cc1. The molecule has 1 saturated heterocycles. The van der Waals surface area contributed by atoms with Gasteiger partial charge in [-0.3, -0.25) is 0 Å². The highest BCUT2D eigenvalue weighted by Gasteiger charge is 2.18. The number of ether oxygens (including phenoxy) is 1. The number of nitrogens with two attached hydrogens (primary N) is 1. The summed E-state index contributed by atoms with van der Waals surface area (Å²) in [7, 11) is 1.66. The van der Waals surface area contributed by atoms with Crippen molar-refractivity contribution >= 4 is 5.69 Å². The molecule has 0 saturated carbocycles. The van der Waals surface area contributed by atoms with Gasteiger partial charge in [-0.1, -0.05) is 0 Å². The molecular weight excluding hydrogens is 276 g/mol. The highest BCUT2D eigenvalue weighted by atomic mass is 16.5. The topological polar surface area (TPSA) is 64.3 Å². The quantitative estimate of drug-likeness (QED) is 0.942. The summed E-state index contributed by atoms with van der Waals surface area (Å²) in [6.45, 7) is 4.00. The average molecular weight is 298 g/mol. The van der Waals surface area contributed by atoms with E-state index in [2.05, 4.69) is 14.9 Å². The molecule has 22 heavy (non-hydrogen) atoms. The van der Waals surface area contributed by atoms with Crippen LogP contribution in [0.3, 0.4) is 0 Å². The lowest BCUT2D eigenvalue weighted by Gasteiger charge is -2.32. The van der Waals surface area contributed by atoms with Gasteiger partial charge < -0.3 is 15.4 Å². The van der Waals surface area contributed by atoms with Gasteiger partial charge in [-0.15, -0.1) is 0 Å². The van der Waals surface area contributed by atoms with Crippen LogP contribution < -0.4 is 15.4 Å². The molecule has 2 heterocycles. The maximum Gasteiger partial charge on any atom is 0.159 e. The molecule has 5 heteroatoms. The molecule has 0 bridgehead atoms. The van der Waals surface area contributed by atoms with Crippen LogP contribution in [-0.2, 0) is 0 Å². The Hall–Kier alpha value is -2.14. The summed E-state index contributed by atoms with van der Waals surface area (Å²) < 4.78 is 5.18. The molecule has 1 aliphatic heterocycles. The molecule has 1 aromatic carbocycles. The molecule has 3 rings (SSSR count). The van der Waals surface area contributed by atoms with E-state index in [4.69, 9.17) is 10.5 Å². The van der Waals surface area contributed by atoms with E-state index in [1.807, 2.05) is 37.4 Å². The van der Waals surface area contributed by atoms with Crippen molar-refractivity contribution in [3.05, 3.63) is 36.2 Å². The first-order valence-corrected chi connectivity index (χ1v) is 7.66. The molecule has 0 aliphatic carbocycles. The van der Waals surface area contributed by atoms with Gasteiger partial charge in [0.05, 0.1) is 24.7 Å². The second kappa shape index (κ2) is 6.32. The first-order valence-electron chi connectivity index (χ1n) is 7.66. The Morgan fingerprint density at radius 3 is 2.45 bits per heavy atom.